The third-order valence-corrected chi connectivity index (χ3v) is 6.64. The molecule has 1 aromatic rings. The molecule has 172 valence electrons. The van der Waals surface area contributed by atoms with Crippen molar-refractivity contribution in [2.45, 2.75) is 64.1 Å². The molecule has 1 aliphatic heterocycles. The number of rotatable bonds is 8. The molecule has 0 spiro atoms. The Morgan fingerprint density at radius 3 is 2.38 bits per heavy atom. The predicted molar refractivity (Wildman–Crippen MR) is 118 cm³/mol. The highest BCUT2D eigenvalue weighted by Gasteiger charge is 2.32. The fourth-order valence-corrected chi connectivity index (χ4v) is 4.61. The van der Waals surface area contributed by atoms with Crippen LogP contribution in [0.15, 0.2) is 12.1 Å². The van der Waals surface area contributed by atoms with E-state index >= 15 is 0 Å². The van der Waals surface area contributed by atoms with Gasteiger partial charge in [-0.1, -0.05) is 19.3 Å². The van der Waals surface area contributed by atoms with Gasteiger partial charge in [-0.05, 0) is 42.5 Å². The normalized spacial score (nSPS) is 16.8. The van der Waals surface area contributed by atoms with Gasteiger partial charge in [0.15, 0.2) is 6.29 Å². The van der Waals surface area contributed by atoms with E-state index < -0.39 is 11.9 Å². The van der Waals surface area contributed by atoms with Gasteiger partial charge in [-0.25, -0.2) is 0 Å². The molecular formula is C24H31N3O5. The Balaban J connectivity index is 1.77. The van der Waals surface area contributed by atoms with Crippen molar-refractivity contribution in [3.05, 3.63) is 34.4 Å². The summed E-state index contributed by atoms with van der Waals surface area (Å²) in [5.74, 6) is -0.467. The lowest BCUT2D eigenvalue weighted by molar-refractivity contribution is -0.137. The average Bonchev–Trinajstić information content (AvgIpc) is 3.25. The number of nitrogens with zero attached hydrogens (tertiary/aromatic N) is 2. The van der Waals surface area contributed by atoms with Crippen molar-refractivity contribution < 1.29 is 24.0 Å². The first-order chi connectivity index (χ1) is 15.4. The number of aldehydes is 2. The van der Waals surface area contributed by atoms with Gasteiger partial charge in [-0.15, -0.1) is 0 Å². The van der Waals surface area contributed by atoms with Gasteiger partial charge in [-0.2, -0.15) is 0 Å². The van der Waals surface area contributed by atoms with Crippen LogP contribution in [0.3, 0.4) is 0 Å². The smallest absolute Gasteiger partial charge is 0.254 e. The van der Waals surface area contributed by atoms with Crippen LogP contribution in [-0.4, -0.2) is 60.2 Å². The maximum absolute atomic E-state index is 13.1. The lowest BCUT2D eigenvalue weighted by Crippen LogP contribution is -2.39. The standard InChI is InChI=1S/C24H31N3O5/c1-25-22(30)9-8-20(15-29)26(2)24(32)21-11-18-13-27(12-17(18)10-19(21)14-28)23(31)16-6-4-3-5-7-16/h10-11,14-16,20H,3-9,12-13H2,1-2H3,(H,25,30). The number of carbonyl (C=O) groups is 5. The third-order valence-electron chi connectivity index (χ3n) is 6.64. The molecule has 0 radical (unpaired) electrons. The number of amides is 3. The van der Waals surface area contributed by atoms with E-state index in [2.05, 4.69) is 5.32 Å². The zero-order valence-electron chi connectivity index (χ0n) is 18.8. The molecule has 3 amide bonds. The lowest BCUT2D eigenvalue weighted by atomic mass is 9.88. The Labute approximate surface area is 188 Å². The van der Waals surface area contributed by atoms with Crippen LogP contribution in [0.2, 0.25) is 0 Å². The summed E-state index contributed by atoms with van der Waals surface area (Å²) < 4.78 is 0. The summed E-state index contributed by atoms with van der Waals surface area (Å²) in [6, 6.07) is 2.57. The lowest BCUT2D eigenvalue weighted by Gasteiger charge is -2.26. The molecule has 8 heteroatoms. The van der Waals surface area contributed by atoms with E-state index in [1.54, 1.807) is 12.1 Å². The number of hydrogen-bond acceptors (Lipinski definition) is 5. The molecule has 8 nitrogen and oxygen atoms in total. The second-order valence-corrected chi connectivity index (χ2v) is 8.69. The Morgan fingerprint density at radius 2 is 1.78 bits per heavy atom. The summed E-state index contributed by atoms with van der Waals surface area (Å²) in [6.07, 6.45) is 6.75. The van der Waals surface area contributed by atoms with E-state index in [9.17, 15) is 24.0 Å². The second kappa shape index (κ2) is 10.5. The molecule has 1 N–H and O–H groups in total. The minimum atomic E-state index is -0.781. The van der Waals surface area contributed by atoms with Crippen molar-refractivity contribution >= 4 is 30.3 Å². The van der Waals surface area contributed by atoms with Crippen LogP contribution in [0, 0.1) is 5.92 Å². The Bertz CT molecular complexity index is 907. The number of likely N-dealkylation sites (N-methyl/N-ethyl adjacent to an activating group) is 1. The van der Waals surface area contributed by atoms with Crippen LogP contribution < -0.4 is 5.32 Å². The fraction of sp³-hybridized carbons (Fsp3) is 0.542. The summed E-state index contributed by atoms with van der Waals surface area (Å²) in [7, 11) is 3.00. The minimum absolute atomic E-state index is 0.0597. The topological polar surface area (TPSA) is 104 Å². The van der Waals surface area contributed by atoms with Crippen molar-refractivity contribution in [3.8, 4) is 0 Å². The summed E-state index contributed by atoms with van der Waals surface area (Å²) >= 11 is 0. The summed E-state index contributed by atoms with van der Waals surface area (Å²) in [6.45, 7) is 0.862. The number of hydrogen-bond donors (Lipinski definition) is 1. The average molecular weight is 442 g/mol. The molecule has 0 bridgehead atoms. The van der Waals surface area contributed by atoms with Crippen molar-refractivity contribution in [3.63, 3.8) is 0 Å². The van der Waals surface area contributed by atoms with Gasteiger partial charge >= 0.3 is 0 Å². The van der Waals surface area contributed by atoms with E-state index in [-0.39, 0.29) is 41.7 Å². The van der Waals surface area contributed by atoms with Gasteiger partial charge in [-0.3, -0.25) is 19.2 Å². The van der Waals surface area contributed by atoms with Gasteiger partial charge in [0.2, 0.25) is 11.8 Å². The summed E-state index contributed by atoms with van der Waals surface area (Å²) in [5, 5.41) is 2.49. The monoisotopic (exact) mass is 441 g/mol. The molecule has 1 aliphatic carbocycles. The van der Waals surface area contributed by atoms with Crippen molar-refractivity contribution in [2.75, 3.05) is 14.1 Å². The molecule has 32 heavy (non-hydrogen) atoms. The van der Waals surface area contributed by atoms with Gasteiger partial charge in [0.05, 0.1) is 11.6 Å². The number of nitrogens with one attached hydrogen (secondary N) is 1. The predicted octanol–water partition coefficient (Wildman–Crippen LogP) is 2.09. The van der Waals surface area contributed by atoms with Crippen LogP contribution >= 0.6 is 0 Å². The van der Waals surface area contributed by atoms with Crippen LogP contribution in [-0.2, 0) is 27.5 Å². The first kappa shape index (κ1) is 23.6. The Kier molecular flexibility index (Phi) is 7.77. The van der Waals surface area contributed by atoms with Crippen LogP contribution in [0.25, 0.3) is 0 Å². The first-order valence-corrected chi connectivity index (χ1v) is 11.2. The maximum Gasteiger partial charge on any atom is 0.254 e. The van der Waals surface area contributed by atoms with Gasteiger partial charge in [0.1, 0.15) is 6.29 Å². The van der Waals surface area contributed by atoms with Crippen LogP contribution in [0.5, 0.6) is 0 Å². The molecule has 2 aliphatic rings. The molecule has 1 fully saturated rings. The zero-order chi connectivity index (χ0) is 23.3. The molecule has 0 aromatic heterocycles. The summed E-state index contributed by atoms with van der Waals surface area (Å²) in [4.78, 5) is 64.0. The second-order valence-electron chi connectivity index (χ2n) is 8.69. The quantitative estimate of drug-likeness (QED) is 0.622. The van der Waals surface area contributed by atoms with Gasteiger partial charge < -0.3 is 19.9 Å². The highest BCUT2D eigenvalue weighted by Crippen LogP contribution is 2.31. The molecule has 1 unspecified atom stereocenters. The third kappa shape index (κ3) is 5.06. The minimum Gasteiger partial charge on any atom is -0.359 e. The van der Waals surface area contributed by atoms with Crippen LogP contribution in [0.4, 0.5) is 0 Å². The molecule has 1 atom stereocenters. The van der Waals surface area contributed by atoms with Gasteiger partial charge in [0, 0.05) is 45.1 Å². The SMILES string of the molecule is CNC(=O)CCC(C=O)N(C)C(=O)c1cc2c(cc1C=O)CN(C(=O)C1CCCCC1)C2. The molecule has 1 saturated carbocycles. The molecule has 1 aromatic carbocycles. The van der Waals surface area contributed by atoms with Crippen molar-refractivity contribution in [1.82, 2.24) is 15.1 Å². The Morgan fingerprint density at radius 1 is 1.12 bits per heavy atom. The van der Waals surface area contributed by atoms with Gasteiger partial charge in [0.25, 0.3) is 5.91 Å². The highest BCUT2D eigenvalue weighted by atomic mass is 16.2. The van der Waals surface area contributed by atoms with E-state index in [0.717, 1.165) is 36.8 Å². The fourth-order valence-electron chi connectivity index (χ4n) is 4.61. The van der Waals surface area contributed by atoms with E-state index in [0.29, 0.717) is 25.7 Å². The van der Waals surface area contributed by atoms with E-state index in [4.69, 9.17) is 0 Å². The maximum atomic E-state index is 13.1. The number of benzene rings is 1. The van der Waals surface area contributed by atoms with Crippen molar-refractivity contribution in [1.29, 1.82) is 0 Å². The van der Waals surface area contributed by atoms with E-state index in [1.807, 2.05) is 4.90 Å². The molecule has 3 rings (SSSR count). The molecule has 0 saturated heterocycles. The zero-order valence-corrected chi connectivity index (χ0v) is 18.8. The number of fused-ring (bicyclic) bond motifs is 1. The molecular weight excluding hydrogens is 410 g/mol. The first-order valence-electron chi connectivity index (χ1n) is 11.2. The molecule has 1 heterocycles. The number of carbonyl (C=O) groups excluding carboxylic acids is 5. The van der Waals surface area contributed by atoms with Crippen LogP contribution in [0.1, 0.15) is 76.8 Å². The highest BCUT2D eigenvalue weighted by molar-refractivity contribution is 6.02. The summed E-state index contributed by atoms with van der Waals surface area (Å²) in [5.41, 5.74) is 2.18. The Hall–Kier alpha value is -3.03. The van der Waals surface area contributed by atoms with Crippen molar-refractivity contribution in [2.24, 2.45) is 5.92 Å². The van der Waals surface area contributed by atoms with E-state index in [1.165, 1.54) is 25.4 Å². The largest absolute Gasteiger partial charge is 0.359 e.